The van der Waals surface area contributed by atoms with E-state index in [0.29, 0.717) is 29.8 Å². The molecule has 3 aromatic rings. The van der Waals surface area contributed by atoms with Gasteiger partial charge < -0.3 is 15.3 Å². The fourth-order valence-corrected chi connectivity index (χ4v) is 6.51. The first-order valence-electron chi connectivity index (χ1n) is 14.0. The van der Waals surface area contributed by atoms with E-state index in [9.17, 15) is 35.9 Å². The van der Waals surface area contributed by atoms with Crippen molar-refractivity contribution in [3.63, 3.8) is 0 Å². The summed E-state index contributed by atoms with van der Waals surface area (Å²) in [5.74, 6) is -1.39. The monoisotopic (exact) mass is 623 g/mol. The molecule has 0 saturated carbocycles. The van der Waals surface area contributed by atoms with Crippen LogP contribution in [0.4, 0.5) is 17.6 Å². The van der Waals surface area contributed by atoms with E-state index in [4.69, 9.17) is 0 Å². The number of halogens is 4. The third-order valence-corrected chi connectivity index (χ3v) is 9.08. The maximum Gasteiger partial charge on any atom is 0.416 e. The normalized spacial score (nSPS) is 17.2. The number of hydrogen-bond donors (Lipinski definition) is 2. The molecule has 1 atom stereocenters. The molecule has 2 aromatic carbocycles. The minimum absolute atomic E-state index is 0.0155. The van der Waals surface area contributed by atoms with E-state index in [-0.39, 0.29) is 30.8 Å². The molecule has 43 heavy (non-hydrogen) atoms. The molecule has 1 aromatic heterocycles. The molecule has 3 heterocycles. The van der Waals surface area contributed by atoms with Gasteiger partial charge in [-0.25, -0.2) is 12.8 Å². The fraction of sp³-hybridized carbons (Fsp3) is 0.448. The maximum atomic E-state index is 14.0. The van der Waals surface area contributed by atoms with Gasteiger partial charge in [0.15, 0.2) is 0 Å². The zero-order chi connectivity index (χ0) is 30.9. The Bertz CT molecular complexity index is 1600. The Hall–Kier alpha value is -3.33. The molecule has 1 amide bonds. The molecule has 0 aliphatic carbocycles. The molecule has 1 saturated heterocycles. The van der Waals surface area contributed by atoms with E-state index in [0.717, 1.165) is 56.1 Å². The summed E-state index contributed by atoms with van der Waals surface area (Å²) in [5, 5.41) is 17.9. The van der Waals surface area contributed by atoms with Crippen LogP contribution >= 0.6 is 0 Å². The second-order valence-corrected chi connectivity index (χ2v) is 13.0. The van der Waals surface area contributed by atoms with Crippen LogP contribution in [0.3, 0.4) is 0 Å². The number of alkyl halides is 3. The highest BCUT2D eigenvalue weighted by Crippen LogP contribution is 2.37. The summed E-state index contributed by atoms with van der Waals surface area (Å²) < 4.78 is 83.2. The van der Waals surface area contributed by atoms with Gasteiger partial charge in [0.25, 0.3) is 5.91 Å². The van der Waals surface area contributed by atoms with Crippen molar-refractivity contribution in [2.45, 2.75) is 51.2 Å². The van der Waals surface area contributed by atoms with Gasteiger partial charge in [-0.2, -0.15) is 22.6 Å². The predicted molar refractivity (Wildman–Crippen MR) is 151 cm³/mol. The molecule has 2 aliphatic heterocycles. The number of β-amino-alcohol motifs (C(OH)–C–C–N with tert-alkyl or cyclic N) is 1. The van der Waals surface area contributed by atoms with Crippen LogP contribution in [0.2, 0.25) is 0 Å². The second-order valence-electron chi connectivity index (χ2n) is 11.0. The molecule has 232 valence electrons. The summed E-state index contributed by atoms with van der Waals surface area (Å²) in [6.07, 6.45) is -1.92. The molecule has 9 nitrogen and oxygen atoms in total. The Kier molecular flexibility index (Phi) is 8.93. The Labute approximate surface area is 247 Å². The van der Waals surface area contributed by atoms with E-state index < -0.39 is 46.1 Å². The fourth-order valence-electron chi connectivity index (χ4n) is 5.72. The van der Waals surface area contributed by atoms with Crippen LogP contribution in [0, 0.1) is 5.82 Å². The second kappa shape index (κ2) is 12.3. The van der Waals surface area contributed by atoms with Crippen molar-refractivity contribution >= 4 is 15.9 Å². The van der Waals surface area contributed by atoms with Crippen LogP contribution < -0.4 is 5.32 Å². The molecule has 1 unspecified atom stereocenters. The number of carbonyl (C=O) groups excluding carboxylic acids is 1. The Morgan fingerprint density at radius 1 is 1.09 bits per heavy atom. The highest BCUT2D eigenvalue weighted by molar-refractivity contribution is 7.88. The van der Waals surface area contributed by atoms with E-state index in [1.165, 1.54) is 28.6 Å². The topological polar surface area (TPSA) is 108 Å². The van der Waals surface area contributed by atoms with Gasteiger partial charge in [0.05, 0.1) is 30.2 Å². The quantitative estimate of drug-likeness (QED) is 0.354. The van der Waals surface area contributed by atoms with Gasteiger partial charge in [-0.15, -0.1) is 0 Å². The van der Waals surface area contributed by atoms with E-state index >= 15 is 0 Å². The van der Waals surface area contributed by atoms with Crippen molar-refractivity contribution in [2.24, 2.45) is 0 Å². The van der Waals surface area contributed by atoms with Gasteiger partial charge in [0.2, 0.25) is 10.0 Å². The number of hydrogen-bond acceptors (Lipinski definition) is 6. The summed E-state index contributed by atoms with van der Waals surface area (Å²) in [7, 11) is -3.56. The summed E-state index contributed by atoms with van der Waals surface area (Å²) in [5.41, 5.74) is 0.665. The number of nitrogens with zero attached hydrogens (tertiary/aromatic N) is 4. The smallest absolute Gasteiger partial charge is 0.390 e. The molecule has 0 spiro atoms. The number of sulfonamides is 1. The number of nitrogens with one attached hydrogen (secondary N) is 1. The summed E-state index contributed by atoms with van der Waals surface area (Å²) in [6, 6.07) is 8.27. The number of rotatable bonds is 9. The van der Waals surface area contributed by atoms with Crippen molar-refractivity contribution in [1.29, 1.82) is 0 Å². The zero-order valence-electron chi connectivity index (χ0n) is 23.6. The van der Waals surface area contributed by atoms with Gasteiger partial charge in [-0.3, -0.25) is 9.48 Å². The van der Waals surface area contributed by atoms with E-state index in [1.807, 2.05) is 0 Å². The SMILES string of the molecule is CS(=O)(=O)N1CCc2c(c(-c3ccc(C(F)(F)F)c(CNC(=O)c4cccc(F)c4)c3)nn2CC(O)CN2CCCC2)C1. The highest BCUT2D eigenvalue weighted by Gasteiger charge is 2.35. The Morgan fingerprint density at radius 3 is 2.51 bits per heavy atom. The van der Waals surface area contributed by atoms with Gasteiger partial charge in [0.1, 0.15) is 5.82 Å². The lowest BCUT2D eigenvalue weighted by atomic mass is 9.97. The van der Waals surface area contributed by atoms with Crippen LogP contribution in [0.5, 0.6) is 0 Å². The van der Waals surface area contributed by atoms with E-state index in [2.05, 4.69) is 15.3 Å². The summed E-state index contributed by atoms with van der Waals surface area (Å²) in [6.45, 7) is 2.09. The number of benzene rings is 2. The highest BCUT2D eigenvalue weighted by atomic mass is 32.2. The molecule has 0 radical (unpaired) electrons. The van der Waals surface area contributed by atoms with Crippen molar-refractivity contribution in [3.8, 4) is 11.3 Å². The molecule has 1 fully saturated rings. The molecule has 0 bridgehead atoms. The number of likely N-dealkylation sites (tertiary alicyclic amines) is 1. The third kappa shape index (κ3) is 7.25. The zero-order valence-corrected chi connectivity index (χ0v) is 24.4. The average molecular weight is 624 g/mol. The average Bonchev–Trinajstić information content (AvgIpc) is 3.58. The minimum Gasteiger partial charge on any atom is -0.390 e. The van der Waals surface area contributed by atoms with Gasteiger partial charge in [0, 0.05) is 55.0 Å². The van der Waals surface area contributed by atoms with Crippen LogP contribution in [-0.4, -0.2) is 77.0 Å². The minimum atomic E-state index is -4.72. The summed E-state index contributed by atoms with van der Waals surface area (Å²) >= 11 is 0. The van der Waals surface area contributed by atoms with Crippen LogP contribution in [0.15, 0.2) is 42.5 Å². The lowest BCUT2D eigenvalue weighted by Crippen LogP contribution is -2.37. The molecule has 2 aliphatic rings. The summed E-state index contributed by atoms with van der Waals surface area (Å²) in [4.78, 5) is 14.7. The molecule has 5 rings (SSSR count). The van der Waals surface area contributed by atoms with Crippen LogP contribution in [0.1, 0.15) is 45.6 Å². The number of amides is 1. The molecule has 14 heteroatoms. The lowest BCUT2D eigenvalue weighted by molar-refractivity contribution is -0.138. The van der Waals surface area contributed by atoms with Crippen LogP contribution in [-0.2, 0) is 42.3 Å². The van der Waals surface area contributed by atoms with Gasteiger partial charge in [-0.1, -0.05) is 12.1 Å². The van der Waals surface area contributed by atoms with Crippen molar-refractivity contribution < 1.29 is 35.9 Å². The first-order chi connectivity index (χ1) is 20.3. The molecular formula is C29H33F4N5O4S. The largest absolute Gasteiger partial charge is 0.416 e. The molecular weight excluding hydrogens is 590 g/mol. The Morgan fingerprint density at radius 2 is 1.84 bits per heavy atom. The van der Waals surface area contributed by atoms with Crippen molar-refractivity contribution in [2.75, 3.05) is 32.4 Å². The number of fused-ring (bicyclic) bond motifs is 1. The number of carbonyl (C=O) groups is 1. The van der Waals surface area contributed by atoms with Gasteiger partial charge in [-0.05, 0) is 61.8 Å². The van der Waals surface area contributed by atoms with Crippen molar-refractivity contribution in [1.82, 2.24) is 24.3 Å². The van der Waals surface area contributed by atoms with Crippen molar-refractivity contribution in [3.05, 3.63) is 76.2 Å². The number of aromatic nitrogens is 2. The first kappa shape index (κ1) is 31.1. The first-order valence-corrected chi connectivity index (χ1v) is 15.8. The number of aliphatic hydroxyl groups is 1. The Balaban J connectivity index is 1.49. The third-order valence-electron chi connectivity index (χ3n) is 7.83. The van der Waals surface area contributed by atoms with Gasteiger partial charge >= 0.3 is 6.18 Å². The van der Waals surface area contributed by atoms with E-state index in [1.54, 1.807) is 4.68 Å². The number of aliphatic hydroxyl groups excluding tert-OH is 1. The predicted octanol–water partition coefficient (Wildman–Crippen LogP) is 3.41. The standard InChI is InChI=1S/C29H33F4N5O4S/c1-43(41,42)37-12-9-26-24(18-37)27(35-38(26)17-23(39)16-36-10-2-3-11-36)19-7-8-25(29(31,32)33)21(13-19)15-34-28(40)20-5-4-6-22(30)14-20/h4-8,13-14,23,39H,2-3,9-12,15-18H2,1H3,(H,34,40). The maximum absolute atomic E-state index is 14.0. The lowest BCUT2D eigenvalue weighted by Gasteiger charge is -2.26. The van der Waals surface area contributed by atoms with Crippen LogP contribution in [0.25, 0.3) is 11.3 Å². The molecule has 2 N–H and O–H groups in total.